The van der Waals surface area contributed by atoms with Gasteiger partial charge in [0.25, 0.3) is 5.91 Å². The van der Waals surface area contributed by atoms with E-state index in [1.54, 1.807) is 35.0 Å². The molecule has 3 heterocycles. The van der Waals surface area contributed by atoms with E-state index in [9.17, 15) is 4.79 Å². The smallest absolute Gasteiger partial charge is 0.257 e. The van der Waals surface area contributed by atoms with Crippen LogP contribution >= 0.6 is 0 Å². The Hall–Kier alpha value is -3.61. The monoisotopic (exact) mass is 375 g/mol. The van der Waals surface area contributed by atoms with Crippen molar-refractivity contribution < 1.29 is 9.53 Å². The Morgan fingerprint density at radius 1 is 1.14 bits per heavy atom. The van der Waals surface area contributed by atoms with Crippen LogP contribution in [0.3, 0.4) is 0 Å². The number of amides is 1. The number of para-hydroxylation sites is 1. The second-order valence-electron chi connectivity index (χ2n) is 6.67. The first-order valence-corrected chi connectivity index (χ1v) is 8.97. The first-order chi connectivity index (χ1) is 13.6. The van der Waals surface area contributed by atoms with Crippen molar-refractivity contribution in [3.8, 4) is 5.75 Å². The molecule has 0 atom stereocenters. The summed E-state index contributed by atoms with van der Waals surface area (Å²) in [6, 6.07) is 13.1. The van der Waals surface area contributed by atoms with E-state index in [1.807, 2.05) is 60.4 Å². The second-order valence-corrected chi connectivity index (χ2v) is 6.67. The molecule has 0 radical (unpaired) electrons. The molecule has 142 valence electrons. The van der Waals surface area contributed by atoms with E-state index in [2.05, 4.69) is 10.1 Å². The van der Waals surface area contributed by atoms with Crippen molar-refractivity contribution >= 4 is 11.6 Å². The normalized spacial score (nSPS) is 10.9. The van der Waals surface area contributed by atoms with Crippen LogP contribution in [0.15, 0.2) is 67.3 Å². The molecule has 1 amide bonds. The van der Waals surface area contributed by atoms with E-state index < -0.39 is 0 Å². The molecule has 0 fully saturated rings. The maximum absolute atomic E-state index is 12.9. The zero-order chi connectivity index (χ0) is 19.5. The molecule has 0 aliphatic heterocycles. The minimum absolute atomic E-state index is 0.102. The Labute approximate surface area is 162 Å². The van der Waals surface area contributed by atoms with E-state index in [1.165, 1.54) is 0 Å². The van der Waals surface area contributed by atoms with Gasteiger partial charge in [-0.2, -0.15) is 5.10 Å². The van der Waals surface area contributed by atoms with Crippen LogP contribution in [-0.2, 0) is 20.2 Å². The quantitative estimate of drug-likeness (QED) is 0.520. The van der Waals surface area contributed by atoms with Gasteiger partial charge in [-0.1, -0.05) is 18.2 Å². The van der Waals surface area contributed by atoms with E-state index in [0.717, 1.165) is 16.9 Å². The van der Waals surface area contributed by atoms with Gasteiger partial charge >= 0.3 is 0 Å². The van der Waals surface area contributed by atoms with Gasteiger partial charge in [-0.25, -0.2) is 4.98 Å². The van der Waals surface area contributed by atoms with Crippen LogP contribution in [0.25, 0.3) is 5.65 Å². The number of imidazole rings is 1. The van der Waals surface area contributed by atoms with Gasteiger partial charge in [0, 0.05) is 44.8 Å². The number of carbonyl (C=O) groups excluding carboxylic acids is 1. The molecule has 0 aliphatic carbocycles. The summed E-state index contributed by atoms with van der Waals surface area (Å²) in [5.74, 6) is 0.442. The summed E-state index contributed by atoms with van der Waals surface area (Å²) in [6.45, 7) is 0.770. The van der Waals surface area contributed by atoms with Crippen LogP contribution in [-0.4, -0.2) is 37.0 Å². The number of aromatic nitrogens is 4. The third-order valence-electron chi connectivity index (χ3n) is 4.43. The van der Waals surface area contributed by atoms with E-state index in [-0.39, 0.29) is 12.5 Å². The van der Waals surface area contributed by atoms with E-state index >= 15 is 0 Å². The number of ether oxygens (including phenoxy) is 1. The molecular weight excluding hydrogens is 354 g/mol. The van der Waals surface area contributed by atoms with Crippen molar-refractivity contribution in [3.05, 3.63) is 84.1 Å². The van der Waals surface area contributed by atoms with Crippen molar-refractivity contribution in [3.63, 3.8) is 0 Å². The average Bonchev–Trinajstić information content (AvgIpc) is 3.31. The van der Waals surface area contributed by atoms with Crippen LogP contribution in [0, 0.1) is 0 Å². The van der Waals surface area contributed by atoms with Crippen molar-refractivity contribution in [1.82, 2.24) is 24.1 Å². The van der Waals surface area contributed by atoms with Crippen LogP contribution in [0.1, 0.15) is 21.6 Å². The molecule has 0 spiro atoms. The Bertz CT molecular complexity index is 1080. The van der Waals surface area contributed by atoms with Gasteiger partial charge in [-0.05, 0) is 24.3 Å². The molecule has 3 aromatic heterocycles. The molecule has 7 heteroatoms. The highest BCUT2D eigenvalue weighted by Crippen LogP contribution is 2.21. The molecule has 0 N–H and O–H groups in total. The maximum atomic E-state index is 12.9. The molecule has 28 heavy (non-hydrogen) atoms. The third kappa shape index (κ3) is 3.73. The highest BCUT2D eigenvalue weighted by Gasteiger charge is 2.17. The number of aryl methyl sites for hydroxylation is 1. The molecule has 1 aromatic carbocycles. The van der Waals surface area contributed by atoms with Crippen molar-refractivity contribution in [1.29, 1.82) is 0 Å². The van der Waals surface area contributed by atoms with Crippen molar-refractivity contribution in [2.45, 2.75) is 13.2 Å². The summed E-state index contributed by atoms with van der Waals surface area (Å²) < 4.78 is 9.60. The molecule has 0 bridgehead atoms. The van der Waals surface area contributed by atoms with Gasteiger partial charge in [0.05, 0.1) is 17.5 Å². The minimum Gasteiger partial charge on any atom is -0.486 e. The number of benzene rings is 1. The number of carbonyl (C=O) groups is 1. The Balaban J connectivity index is 1.48. The number of hydrogen-bond donors (Lipinski definition) is 0. The zero-order valence-electron chi connectivity index (χ0n) is 15.8. The Morgan fingerprint density at radius 3 is 2.75 bits per heavy atom. The lowest BCUT2D eigenvalue weighted by Crippen LogP contribution is -2.26. The van der Waals surface area contributed by atoms with Gasteiger partial charge in [0.15, 0.2) is 0 Å². The molecular formula is C21H21N5O2. The summed E-state index contributed by atoms with van der Waals surface area (Å²) in [6.07, 6.45) is 7.52. The lowest BCUT2D eigenvalue weighted by molar-refractivity contribution is 0.0780. The minimum atomic E-state index is -0.102. The molecule has 7 nitrogen and oxygen atoms in total. The van der Waals surface area contributed by atoms with Gasteiger partial charge in [-0.3, -0.25) is 9.48 Å². The Kier molecular flexibility index (Phi) is 4.80. The van der Waals surface area contributed by atoms with Gasteiger partial charge in [0.2, 0.25) is 0 Å². The molecule has 4 aromatic rings. The molecule has 4 rings (SSSR count). The standard InChI is InChI=1S/C21H21N5O2/c1-24(12-16-11-22-25(2)13-16)21(27)18-7-3-4-8-19(18)28-15-17-14-26-10-6-5-9-20(26)23-17/h3-11,13-14H,12,15H2,1-2H3. The summed E-state index contributed by atoms with van der Waals surface area (Å²) in [4.78, 5) is 19.1. The first kappa shape index (κ1) is 17.8. The van der Waals surface area contributed by atoms with Crippen molar-refractivity contribution in [2.75, 3.05) is 7.05 Å². The highest BCUT2D eigenvalue weighted by atomic mass is 16.5. The fraction of sp³-hybridized carbons (Fsp3) is 0.190. The first-order valence-electron chi connectivity index (χ1n) is 8.97. The molecule has 0 unspecified atom stereocenters. The summed E-state index contributed by atoms with van der Waals surface area (Å²) in [5.41, 5.74) is 3.16. The largest absolute Gasteiger partial charge is 0.486 e. The van der Waals surface area contributed by atoms with Gasteiger partial charge in [-0.15, -0.1) is 0 Å². The molecule has 0 aliphatic rings. The van der Waals surface area contributed by atoms with Gasteiger partial charge in [0.1, 0.15) is 18.0 Å². The van der Waals surface area contributed by atoms with Crippen LogP contribution < -0.4 is 4.74 Å². The zero-order valence-corrected chi connectivity index (χ0v) is 15.8. The summed E-state index contributed by atoms with van der Waals surface area (Å²) >= 11 is 0. The van der Waals surface area contributed by atoms with Gasteiger partial charge < -0.3 is 14.0 Å². The number of pyridine rings is 1. The van der Waals surface area contributed by atoms with Crippen LogP contribution in [0.4, 0.5) is 0 Å². The number of nitrogens with zero attached hydrogens (tertiary/aromatic N) is 5. The third-order valence-corrected chi connectivity index (χ3v) is 4.43. The number of rotatable bonds is 6. The lowest BCUT2D eigenvalue weighted by atomic mass is 10.1. The predicted molar refractivity (Wildman–Crippen MR) is 105 cm³/mol. The maximum Gasteiger partial charge on any atom is 0.257 e. The summed E-state index contributed by atoms with van der Waals surface area (Å²) in [7, 11) is 3.63. The fourth-order valence-corrected chi connectivity index (χ4v) is 3.08. The second kappa shape index (κ2) is 7.56. The SMILES string of the molecule is CN(Cc1cnn(C)c1)C(=O)c1ccccc1OCc1cn2ccccc2n1. The van der Waals surface area contributed by atoms with Crippen LogP contribution in [0.5, 0.6) is 5.75 Å². The fourth-order valence-electron chi connectivity index (χ4n) is 3.08. The Morgan fingerprint density at radius 2 is 1.96 bits per heavy atom. The lowest BCUT2D eigenvalue weighted by Gasteiger charge is -2.18. The topological polar surface area (TPSA) is 64.7 Å². The predicted octanol–water partition coefficient (Wildman–Crippen LogP) is 2.92. The number of hydrogen-bond acceptors (Lipinski definition) is 4. The van der Waals surface area contributed by atoms with E-state index in [4.69, 9.17) is 4.74 Å². The van der Waals surface area contributed by atoms with Crippen molar-refractivity contribution in [2.24, 2.45) is 7.05 Å². The molecule has 0 saturated carbocycles. The van der Waals surface area contributed by atoms with E-state index in [0.29, 0.717) is 17.9 Å². The number of fused-ring (bicyclic) bond motifs is 1. The highest BCUT2D eigenvalue weighted by molar-refractivity contribution is 5.96. The molecule has 0 saturated heterocycles. The summed E-state index contributed by atoms with van der Waals surface area (Å²) in [5, 5.41) is 4.15. The average molecular weight is 375 g/mol. The van der Waals surface area contributed by atoms with Crippen LogP contribution in [0.2, 0.25) is 0 Å².